The Morgan fingerprint density at radius 2 is 1.93 bits per heavy atom. The van der Waals surface area contributed by atoms with E-state index in [1.54, 1.807) is 0 Å². The van der Waals surface area contributed by atoms with E-state index >= 15 is 0 Å². The summed E-state index contributed by atoms with van der Waals surface area (Å²) in [6, 6.07) is 0. The summed E-state index contributed by atoms with van der Waals surface area (Å²) in [5.41, 5.74) is 0. The number of hydrogen-bond acceptors (Lipinski definition) is 2. The Morgan fingerprint density at radius 1 is 1.07 bits per heavy atom. The Labute approximate surface area is 87.4 Å². The van der Waals surface area contributed by atoms with Gasteiger partial charge in [-0.1, -0.05) is 25.7 Å². The minimum Gasteiger partial charge on any atom is -0.377 e. The first kappa shape index (κ1) is 10.4. The van der Waals surface area contributed by atoms with Crippen LogP contribution in [0.4, 0.5) is 0 Å². The number of ether oxygens (including phenoxy) is 1. The molecule has 2 aliphatic rings. The van der Waals surface area contributed by atoms with Crippen molar-refractivity contribution in [2.75, 3.05) is 19.7 Å². The molecule has 1 N–H and O–H groups in total. The third-order valence-corrected chi connectivity index (χ3v) is 3.61. The van der Waals surface area contributed by atoms with Crippen molar-refractivity contribution in [3.63, 3.8) is 0 Å². The normalized spacial score (nSPS) is 29.6. The van der Waals surface area contributed by atoms with Crippen LogP contribution < -0.4 is 5.32 Å². The van der Waals surface area contributed by atoms with E-state index in [-0.39, 0.29) is 0 Å². The predicted molar refractivity (Wildman–Crippen MR) is 58.4 cm³/mol. The molecule has 2 nitrogen and oxygen atoms in total. The molecule has 1 saturated carbocycles. The van der Waals surface area contributed by atoms with Crippen LogP contribution in [-0.4, -0.2) is 25.8 Å². The van der Waals surface area contributed by atoms with Gasteiger partial charge >= 0.3 is 0 Å². The molecule has 1 saturated heterocycles. The molecule has 2 heteroatoms. The second kappa shape index (κ2) is 5.72. The molecule has 2 fully saturated rings. The van der Waals surface area contributed by atoms with Crippen LogP contribution in [-0.2, 0) is 4.74 Å². The lowest BCUT2D eigenvalue weighted by molar-refractivity contribution is 0.0298. The summed E-state index contributed by atoms with van der Waals surface area (Å²) in [4.78, 5) is 0. The van der Waals surface area contributed by atoms with Crippen LogP contribution in [0.1, 0.15) is 44.9 Å². The highest BCUT2D eigenvalue weighted by atomic mass is 16.5. The molecule has 1 aliphatic heterocycles. The highest BCUT2D eigenvalue weighted by Crippen LogP contribution is 2.27. The average molecular weight is 197 g/mol. The topological polar surface area (TPSA) is 21.3 Å². The summed E-state index contributed by atoms with van der Waals surface area (Å²) >= 11 is 0. The van der Waals surface area contributed by atoms with Crippen molar-refractivity contribution < 1.29 is 4.74 Å². The molecule has 1 aliphatic carbocycles. The number of hydrogen-bond donors (Lipinski definition) is 1. The van der Waals surface area contributed by atoms with Crippen LogP contribution >= 0.6 is 0 Å². The average Bonchev–Trinajstić information content (AvgIpc) is 2.72. The van der Waals surface area contributed by atoms with E-state index in [0.717, 1.165) is 19.1 Å². The van der Waals surface area contributed by atoms with Crippen molar-refractivity contribution in [1.82, 2.24) is 5.32 Å². The lowest BCUT2D eigenvalue weighted by Crippen LogP contribution is -2.35. The highest BCUT2D eigenvalue weighted by molar-refractivity contribution is 4.70. The third-order valence-electron chi connectivity index (χ3n) is 3.61. The fraction of sp³-hybridized carbons (Fsp3) is 1.00. The summed E-state index contributed by atoms with van der Waals surface area (Å²) in [5.74, 6) is 0.978. The van der Waals surface area contributed by atoms with Gasteiger partial charge in [0.25, 0.3) is 0 Å². The number of piperidine rings is 1. The van der Waals surface area contributed by atoms with Crippen molar-refractivity contribution in [2.45, 2.75) is 51.0 Å². The van der Waals surface area contributed by atoms with Crippen LogP contribution in [0.25, 0.3) is 0 Å². The molecule has 0 radical (unpaired) electrons. The molecule has 82 valence electrons. The van der Waals surface area contributed by atoms with E-state index in [2.05, 4.69) is 5.32 Å². The molecule has 0 bridgehead atoms. The molecule has 1 heterocycles. The van der Waals surface area contributed by atoms with Gasteiger partial charge in [-0.05, 0) is 31.7 Å². The Hall–Kier alpha value is -0.0800. The molecule has 0 spiro atoms. The van der Waals surface area contributed by atoms with Crippen LogP contribution in [0, 0.1) is 5.92 Å². The maximum atomic E-state index is 5.88. The summed E-state index contributed by atoms with van der Waals surface area (Å²) in [6.07, 6.45) is 10.2. The predicted octanol–water partition coefficient (Wildman–Crippen LogP) is 2.34. The van der Waals surface area contributed by atoms with Gasteiger partial charge in [-0.3, -0.25) is 0 Å². The summed E-state index contributed by atoms with van der Waals surface area (Å²) in [5, 5.41) is 3.39. The van der Waals surface area contributed by atoms with Gasteiger partial charge in [-0.15, -0.1) is 0 Å². The monoisotopic (exact) mass is 197 g/mol. The second-order valence-electron chi connectivity index (χ2n) is 4.78. The van der Waals surface area contributed by atoms with Crippen molar-refractivity contribution in [3.05, 3.63) is 0 Å². The first-order chi connectivity index (χ1) is 6.95. The molecule has 2 rings (SSSR count). The molecular weight excluding hydrogens is 174 g/mol. The molecule has 0 aromatic carbocycles. The van der Waals surface area contributed by atoms with E-state index in [0.29, 0.717) is 6.10 Å². The first-order valence-corrected chi connectivity index (χ1v) is 6.27. The lowest BCUT2D eigenvalue weighted by Gasteiger charge is -2.23. The van der Waals surface area contributed by atoms with Gasteiger partial charge < -0.3 is 10.1 Å². The van der Waals surface area contributed by atoms with Crippen LogP contribution in [0.5, 0.6) is 0 Å². The van der Waals surface area contributed by atoms with Crippen LogP contribution in [0.3, 0.4) is 0 Å². The van der Waals surface area contributed by atoms with Gasteiger partial charge in [0.1, 0.15) is 0 Å². The molecule has 1 atom stereocenters. The van der Waals surface area contributed by atoms with E-state index in [1.165, 1.54) is 51.5 Å². The van der Waals surface area contributed by atoms with Crippen molar-refractivity contribution in [2.24, 2.45) is 5.92 Å². The van der Waals surface area contributed by atoms with Crippen molar-refractivity contribution in [1.29, 1.82) is 0 Å². The van der Waals surface area contributed by atoms with E-state index in [1.807, 2.05) is 0 Å². The molecule has 0 aromatic heterocycles. The van der Waals surface area contributed by atoms with E-state index in [4.69, 9.17) is 4.74 Å². The van der Waals surface area contributed by atoms with E-state index in [9.17, 15) is 0 Å². The molecule has 1 unspecified atom stereocenters. The zero-order chi connectivity index (χ0) is 9.64. The molecule has 0 aromatic rings. The largest absolute Gasteiger partial charge is 0.377 e. The summed E-state index contributed by atoms with van der Waals surface area (Å²) < 4.78 is 5.88. The molecule has 0 amide bonds. The first-order valence-electron chi connectivity index (χ1n) is 6.27. The van der Waals surface area contributed by atoms with Crippen LogP contribution in [0.15, 0.2) is 0 Å². The highest BCUT2D eigenvalue weighted by Gasteiger charge is 2.17. The van der Waals surface area contributed by atoms with Gasteiger partial charge in [0.05, 0.1) is 6.10 Å². The van der Waals surface area contributed by atoms with Gasteiger partial charge in [0.15, 0.2) is 0 Å². The fourth-order valence-electron chi connectivity index (χ4n) is 2.66. The fourth-order valence-corrected chi connectivity index (χ4v) is 2.66. The van der Waals surface area contributed by atoms with Crippen molar-refractivity contribution in [3.8, 4) is 0 Å². The number of nitrogens with one attached hydrogen (secondary N) is 1. The lowest BCUT2D eigenvalue weighted by atomic mass is 10.1. The quantitative estimate of drug-likeness (QED) is 0.747. The molecule has 14 heavy (non-hydrogen) atoms. The maximum absolute atomic E-state index is 5.88. The van der Waals surface area contributed by atoms with Gasteiger partial charge in [-0.2, -0.15) is 0 Å². The smallest absolute Gasteiger partial charge is 0.0699 e. The Balaban J connectivity index is 1.52. The van der Waals surface area contributed by atoms with Gasteiger partial charge in [0, 0.05) is 13.2 Å². The van der Waals surface area contributed by atoms with Crippen LogP contribution in [0.2, 0.25) is 0 Å². The number of rotatable bonds is 4. The zero-order valence-electron chi connectivity index (χ0n) is 9.13. The summed E-state index contributed by atoms with van der Waals surface area (Å²) in [7, 11) is 0. The van der Waals surface area contributed by atoms with Crippen molar-refractivity contribution >= 4 is 0 Å². The minimum atomic E-state index is 0.505. The SMILES string of the molecule is C1CCC(CCOC2CCCNC2)C1. The Kier molecular flexibility index (Phi) is 4.26. The minimum absolute atomic E-state index is 0.505. The third kappa shape index (κ3) is 3.25. The standard InChI is InChI=1S/C12H23NO/c1-2-5-11(4-1)7-9-14-12-6-3-8-13-10-12/h11-13H,1-10H2. The Bertz CT molecular complexity index is 148. The van der Waals surface area contributed by atoms with Gasteiger partial charge in [-0.25, -0.2) is 0 Å². The maximum Gasteiger partial charge on any atom is 0.0699 e. The summed E-state index contributed by atoms with van der Waals surface area (Å²) in [6.45, 7) is 3.25. The van der Waals surface area contributed by atoms with E-state index < -0.39 is 0 Å². The zero-order valence-corrected chi connectivity index (χ0v) is 9.13. The molecular formula is C12H23NO. The van der Waals surface area contributed by atoms with Gasteiger partial charge in [0.2, 0.25) is 0 Å². The Morgan fingerprint density at radius 3 is 2.64 bits per heavy atom. The second-order valence-corrected chi connectivity index (χ2v) is 4.78.